The van der Waals surface area contributed by atoms with Gasteiger partial charge in [-0.25, -0.2) is 13.2 Å². The van der Waals surface area contributed by atoms with E-state index < -0.39 is 34.9 Å². The molecule has 0 aliphatic heterocycles. The lowest BCUT2D eigenvalue weighted by Gasteiger charge is -2.19. The van der Waals surface area contributed by atoms with Gasteiger partial charge in [0.25, 0.3) is 0 Å². The molecule has 1 nitrogen and oxygen atoms in total. The van der Waals surface area contributed by atoms with Crippen LogP contribution < -0.4 is 4.74 Å². The van der Waals surface area contributed by atoms with Gasteiger partial charge in [0.1, 0.15) is 23.2 Å². The summed E-state index contributed by atoms with van der Waals surface area (Å²) in [6, 6.07) is 4.55. The summed E-state index contributed by atoms with van der Waals surface area (Å²) in [6.07, 6.45) is -3.50. The van der Waals surface area contributed by atoms with Crippen LogP contribution in [0.2, 0.25) is 0 Å². The summed E-state index contributed by atoms with van der Waals surface area (Å²) in [7, 11) is 0. The van der Waals surface area contributed by atoms with Crippen LogP contribution in [0.1, 0.15) is 30.5 Å². The first-order valence-electron chi connectivity index (χ1n) is 7.12. The second-order valence-electron chi connectivity index (χ2n) is 5.01. The van der Waals surface area contributed by atoms with Gasteiger partial charge in [-0.05, 0) is 30.5 Å². The number of alkyl halides is 2. The highest BCUT2D eigenvalue weighted by atomic mass is 19.3. The highest BCUT2D eigenvalue weighted by Gasteiger charge is 2.38. The van der Waals surface area contributed by atoms with Crippen molar-refractivity contribution in [2.45, 2.75) is 32.8 Å². The Hall–Kier alpha value is -2.11. The molecule has 6 heteroatoms. The fourth-order valence-corrected chi connectivity index (χ4v) is 2.19. The van der Waals surface area contributed by atoms with E-state index in [0.717, 1.165) is 12.1 Å². The number of halogens is 5. The van der Waals surface area contributed by atoms with Crippen LogP contribution in [-0.2, 0) is 19.0 Å². The van der Waals surface area contributed by atoms with Crippen LogP contribution in [0.5, 0.6) is 5.75 Å². The Morgan fingerprint density at radius 1 is 0.870 bits per heavy atom. The molecule has 0 atom stereocenters. The fourth-order valence-electron chi connectivity index (χ4n) is 2.19. The third-order valence-corrected chi connectivity index (χ3v) is 3.47. The molecule has 0 unspecified atom stereocenters. The first-order valence-corrected chi connectivity index (χ1v) is 7.12. The van der Waals surface area contributed by atoms with Gasteiger partial charge in [0.2, 0.25) is 0 Å². The molecule has 0 spiro atoms. The minimum absolute atomic E-state index is 0.0709. The predicted molar refractivity (Wildman–Crippen MR) is 76.0 cm³/mol. The van der Waals surface area contributed by atoms with E-state index in [-0.39, 0.29) is 12.0 Å². The Labute approximate surface area is 130 Å². The zero-order chi connectivity index (χ0) is 17.2. The smallest absolute Gasteiger partial charge is 0.429 e. The van der Waals surface area contributed by atoms with E-state index in [1.165, 1.54) is 13.0 Å². The highest BCUT2D eigenvalue weighted by Crippen LogP contribution is 2.34. The monoisotopic (exact) mass is 330 g/mol. The van der Waals surface area contributed by atoms with Crippen LogP contribution >= 0.6 is 0 Å². The third kappa shape index (κ3) is 3.63. The Kier molecular flexibility index (Phi) is 4.92. The molecular formula is C17H15F5O. The fraction of sp³-hybridized carbons (Fsp3) is 0.294. The van der Waals surface area contributed by atoms with Gasteiger partial charge >= 0.3 is 6.11 Å². The first-order chi connectivity index (χ1) is 10.8. The number of hydrogen-bond acceptors (Lipinski definition) is 1. The third-order valence-electron chi connectivity index (χ3n) is 3.47. The van der Waals surface area contributed by atoms with E-state index >= 15 is 0 Å². The number of ether oxygens (including phenoxy) is 1. The number of hydrogen-bond donors (Lipinski definition) is 0. The second-order valence-corrected chi connectivity index (χ2v) is 5.01. The summed E-state index contributed by atoms with van der Waals surface area (Å²) >= 11 is 0. The van der Waals surface area contributed by atoms with Crippen LogP contribution in [0, 0.1) is 17.5 Å². The van der Waals surface area contributed by atoms with Gasteiger partial charge in [-0.15, -0.1) is 0 Å². The zero-order valence-electron chi connectivity index (χ0n) is 12.6. The van der Waals surface area contributed by atoms with Crippen LogP contribution in [0.15, 0.2) is 30.3 Å². The molecule has 0 aromatic heterocycles. The summed E-state index contributed by atoms with van der Waals surface area (Å²) in [5, 5.41) is 0. The predicted octanol–water partition coefficient (Wildman–Crippen LogP) is 5.36. The van der Waals surface area contributed by atoms with Crippen molar-refractivity contribution in [3.05, 3.63) is 64.5 Å². The Bertz CT molecular complexity index is 689. The first kappa shape index (κ1) is 17.2. The van der Waals surface area contributed by atoms with Crippen LogP contribution in [0.3, 0.4) is 0 Å². The summed E-state index contributed by atoms with van der Waals surface area (Å²) in [5.41, 5.74) is -0.666. The largest absolute Gasteiger partial charge is 0.429 e. The molecule has 0 aliphatic rings. The van der Waals surface area contributed by atoms with Crippen molar-refractivity contribution in [3.8, 4) is 5.75 Å². The van der Waals surface area contributed by atoms with Gasteiger partial charge < -0.3 is 4.74 Å². The molecule has 2 rings (SSSR count). The number of rotatable bonds is 5. The van der Waals surface area contributed by atoms with E-state index in [1.54, 1.807) is 6.92 Å². The summed E-state index contributed by atoms with van der Waals surface area (Å²) in [6.45, 7) is 3.28. The maximum absolute atomic E-state index is 14.1. The SMILES string of the molecule is CCc1ccc(C(F)(F)Oc2cc(F)c(CC)c(F)c2)c(F)c1. The zero-order valence-corrected chi connectivity index (χ0v) is 12.6. The molecule has 0 bridgehead atoms. The van der Waals surface area contributed by atoms with Crippen molar-refractivity contribution >= 4 is 0 Å². The molecular weight excluding hydrogens is 315 g/mol. The molecule has 0 N–H and O–H groups in total. The molecule has 0 saturated heterocycles. The maximum Gasteiger partial charge on any atom is 0.429 e. The number of aryl methyl sites for hydroxylation is 1. The average molecular weight is 330 g/mol. The Balaban J connectivity index is 2.34. The highest BCUT2D eigenvalue weighted by molar-refractivity contribution is 5.32. The van der Waals surface area contributed by atoms with Crippen LogP contribution in [-0.4, -0.2) is 0 Å². The molecule has 0 saturated carbocycles. The maximum atomic E-state index is 14.1. The molecule has 0 heterocycles. The van der Waals surface area contributed by atoms with E-state index in [0.29, 0.717) is 24.1 Å². The van der Waals surface area contributed by atoms with Crippen molar-refractivity contribution < 1.29 is 26.7 Å². The van der Waals surface area contributed by atoms with Gasteiger partial charge in [-0.2, -0.15) is 8.78 Å². The van der Waals surface area contributed by atoms with Crippen molar-refractivity contribution in [3.63, 3.8) is 0 Å². The normalized spacial score (nSPS) is 11.6. The lowest BCUT2D eigenvalue weighted by molar-refractivity contribution is -0.187. The lowest BCUT2D eigenvalue weighted by atomic mass is 10.1. The van der Waals surface area contributed by atoms with Gasteiger partial charge in [-0.1, -0.05) is 19.9 Å². The van der Waals surface area contributed by atoms with E-state index in [1.807, 2.05) is 0 Å². The average Bonchev–Trinajstić information content (AvgIpc) is 2.45. The van der Waals surface area contributed by atoms with E-state index in [4.69, 9.17) is 0 Å². The molecule has 0 radical (unpaired) electrons. The molecule has 0 amide bonds. The second kappa shape index (κ2) is 6.56. The Morgan fingerprint density at radius 3 is 1.96 bits per heavy atom. The molecule has 0 aliphatic carbocycles. The molecule has 2 aromatic rings. The van der Waals surface area contributed by atoms with E-state index in [2.05, 4.69) is 4.74 Å². The van der Waals surface area contributed by atoms with Crippen molar-refractivity contribution in [1.82, 2.24) is 0 Å². The van der Waals surface area contributed by atoms with Gasteiger partial charge in [0, 0.05) is 17.7 Å². The minimum Gasteiger partial charge on any atom is -0.429 e. The standard InChI is InChI=1S/C17H15F5O/c1-3-10-5-6-13(16(20)7-10)17(21,22)23-11-8-14(18)12(4-2)15(19)9-11/h5-9H,3-4H2,1-2H3. The Morgan fingerprint density at radius 2 is 1.48 bits per heavy atom. The lowest BCUT2D eigenvalue weighted by Crippen LogP contribution is -2.23. The summed E-state index contributed by atoms with van der Waals surface area (Å²) in [5.74, 6) is -3.82. The number of benzene rings is 2. The topological polar surface area (TPSA) is 9.23 Å². The summed E-state index contributed by atoms with van der Waals surface area (Å²) < 4.78 is 73.6. The van der Waals surface area contributed by atoms with Gasteiger partial charge in [-0.3, -0.25) is 0 Å². The van der Waals surface area contributed by atoms with Crippen LogP contribution in [0.25, 0.3) is 0 Å². The van der Waals surface area contributed by atoms with Gasteiger partial charge in [0.15, 0.2) is 0 Å². The molecule has 124 valence electrons. The minimum atomic E-state index is -4.05. The summed E-state index contributed by atoms with van der Waals surface area (Å²) in [4.78, 5) is 0. The molecule has 23 heavy (non-hydrogen) atoms. The van der Waals surface area contributed by atoms with Crippen molar-refractivity contribution in [2.75, 3.05) is 0 Å². The van der Waals surface area contributed by atoms with Gasteiger partial charge in [0.05, 0.1) is 5.56 Å². The van der Waals surface area contributed by atoms with Crippen molar-refractivity contribution in [1.29, 1.82) is 0 Å². The molecule has 0 fully saturated rings. The van der Waals surface area contributed by atoms with Crippen molar-refractivity contribution in [2.24, 2.45) is 0 Å². The van der Waals surface area contributed by atoms with Crippen LogP contribution in [0.4, 0.5) is 22.0 Å². The quantitative estimate of drug-likeness (QED) is 0.671. The molecule has 2 aromatic carbocycles. The van der Waals surface area contributed by atoms with E-state index in [9.17, 15) is 22.0 Å².